The monoisotopic (exact) mass is 292 g/mol. The van der Waals surface area contributed by atoms with Crippen LogP contribution in [-0.2, 0) is 0 Å². The Labute approximate surface area is 106 Å². The van der Waals surface area contributed by atoms with Crippen LogP contribution in [0, 0.1) is 0 Å². The number of rotatable bonds is 2. The molecule has 2 aromatic carbocycles. The Kier molecular flexibility index (Phi) is 3.15. The predicted octanol–water partition coefficient (Wildman–Crippen LogP) is 3.09. The molecule has 0 aromatic heterocycles. The van der Waals surface area contributed by atoms with Crippen molar-refractivity contribution in [3.05, 3.63) is 58.1 Å². The lowest BCUT2D eigenvalue weighted by Gasteiger charge is -2.04. The average molecular weight is 293 g/mol. The number of hydrogen-bond acceptors (Lipinski definition) is 3. The number of halogens is 1. The zero-order valence-electron chi connectivity index (χ0n) is 8.72. The van der Waals surface area contributed by atoms with Gasteiger partial charge >= 0.3 is 0 Å². The average Bonchev–Trinajstić information content (AvgIpc) is 2.29. The summed E-state index contributed by atoms with van der Waals surface area (Å²) in [5.41, 5.74) is 0.947. The van der Waals surface area contributed by atoms with Gasteiger partial charge in [-0.1, -0.05) is 0 Å². The van der Waals surface area contributed by atoms with Gasteiger partial charge < -0.3 is 10.2 Å². The van der Waals surface area contributed by atoms with Crippen LogP contribution < -0.4 is 0 Å². The van der Waals surface area contributed by atoms with E-state index >= 15 is 0 Å². The van der Waals surface area contributed by atoms with Crippen LogP contribution in [0.15, 0.2) is 46.9 Å². The van der Waals surface area contributed by atoms with E-state index < -0.39 is 0 Å². The van der Waals surface area contributed by atoms with Crippen molar-refractivity contribution in [1.29, 1.82) is 0 Å². The summed E-state index contributed by atoms with van der Waals surface area (Å²) in [6.07, 6.45) is 0. The molecule has 0 atom stereocenters. The number of hydrogen-bond donors (Lipinski definition) is 2. The van der Waals surface area contributed by atoms with Gasteiger partial charge in [-0.25, -0.2) is 0 Å². The fraction of sp³-hybridized carbons (Fsp3) is 0. The van der Waals surface area contributed by atoms with E-state index in [0.29, 0.717) is 15.6 Å². The Balaban J connectivity index is 2.40. The van der Waals surface area contributed by atoms with E-state index in [1.165, 1.54) is 24.3 Å². The number of ketones is 1. The van der Waals surface area contributed by atoms with E-state index in [0.717, 1.165) is 0 Å². The van der Waals surface area contributed by atoms with Gasteiger partial charge in [-0.3, -0.25) is 4.79 Å². The molecule has 0 heterocycles. The van der Waals surface area contributed by atoms with Crippen molar-refractivity contribution >= 4 is 21.7 Å². The Morgan fingerprint density at radius 3 is 2.12 bits per heavy atom. The normalized spacial score (nSPS) is 10.2. The van der Waals surface area contributed by atoms with E-state index in [2.05, 4.69) is 15.9 Å². The quantitative estimate of drug-likeness (QED) is 0.836. The van der Waals surface area contributed by atoms with Gasteiger partial charge in [0.05, 0.1) is 0 Å². The summed E-state index contributed by atoms with van der Waals surface area (Å²) in [7, 11) is 0. The SMILES string of the molecule is O=C(c1ccc(O)cc1)c1ccc(O)cc1Br. The molecule has 3 nitrogen and oxygen atoms in total. The van der Waals surface area contributed by atoms with Crippen LogP contribution in [0.1, 0.15) is 15.9 Å². The second kappa shape index (κ2) is 4.59. The second-order valence-electron chi connectivity index (χ2n) is 3.54. The van der Waals surface area contributed by atoms with E-state index in [4.69, 9.17) is 5.11 Å². The summed E-state index contributed by atoms with van der Waals surface area (Å²) in [5, 5.41) is 18.4. The minimum Gasteiger partial charge on any atom is -0.508 e. The van der Waals surface area contributed by atoms with Gasteiger partial charge in [0.1, 0.15) is 11.5 Å². The molecule has 17 heavy (non-hydrogen) atoms. The minimum absolute atomic E-state index is 0.0964. The van der Waals surface area contributed by atoms with Crippen molar-refractivity contribution in [2.24, 2.45) is 0 Å². The highest BCUT2D eigenvalue weighted by Gasteiger charge is 2.12. The first-order chi connectivity index (χ1) is 8.08. The van der Waals surface area contributed by atoms with E-state index in [9.17, 15) is 9.90 Å². The van der Waals surface area contributed by atoms with E-state index in [-0.39, 0.29) is 17.3 Å². The molecular formula is C13H9BrO3. The van der Waals surface area contributed by atoms with Crippen LogP contribution in [0.25, 0.3) is 0 Å². The van der Waals surface area contributed by atoms with Crippen molar-refractivity contribution in [2.75, 3.05) is 0 Å². The molecule has 0 aliphatic carbocycles. The summed E-state index contributed by atoms with van der Waals surface area (Å²) in [5.74, 6) is 0.0438. The first kappa shape index (κ1) is 11.7. The van der Waals surface area contributed by atoms with Crippen LogP contribution in [-0.4, -0.2) is 16.0 Å². The molecule has 0 saturated carbocycles. The fourth-order valence-electron chi connectivity index (χ4n) is 1.46. The number of carbonyl (C=O) groups excluding carboxylic acids is 1. The van der Waals surface area contributed by atoms with E-state index in [1.54, 1.807) is 18.2 Å². The Morgan fingerprint density at radius 1 is 0.941 bits per heavy atom. The zero-order chi connectivity index (χ0) is 12.4. The van der Waals surface area contributed by atoms with Crippen molar-refractivity contribution < 1.29 is 15.0 Å². The molecule has 0 aliphatic heterocycles. The van der Waals surface area contributed by atoms with Crippen molar-refractivity contribution in [1.82, 2.24) is 0 Å². The molecular weight excluding hydrogens is 284 g/mol. The molecule has 0 saturated heterocycles. The van der Waals surface area contributed by atoms with Crippen molar-refractivity contribution in [3.63, 3.8) is 0 Å². The zero-order valence-corrected chi connectivity index (χ0v) is 10.3. The van der Waals surface area contributed by atoms with Gasteiger partial charge in [-0.15, -0.1) is 0 Å². The molecule has 0 amide bonds. The summed E-state index contributed by atoms with van der Waals surface area (Å²) in [6.45, 7) is 0. The number of phenols is 2. The molecule has 2 aromatic rings. The maximum atomic E-state index is 12.1. The molecule has 0 spiro atoms. The first-order valence-corrected chi connectivity index (χ1v) is 5.69. The topological polar surface area (TPSA) is 57.5 Å². The van der Waals surface area contributed by atoms with Crippen LogP contribution in [0.5, 0.6) is 11.5 Å². The third-order valence-electron chi connectivity index (χ3n) is 2.33. The minimum atomic E-state index is -0.170. The largest absolute Gasteiger partial charge is 0.508 e. The molecule has 86 valence electrons. The van der Waals surface area contributed by atoms with Crippen LogP contribution in [0.3, 0.4) is 0 Å². The molecule has 0 fully saturated rings. The van der Waals surface area contributed by atoms with Crippen LogP contribution >= 0.6 is 15.9 Å². The summed E-state index contributed by atoms with van der Waals surface area (Å²) < 4.78 is 0.538. The third kappa shape index (κ3) is 2.47. The Bertz CT molecular complexity index is 561. The van der Waals surface area contributed by atoms with Gasteiger partial charge in [0.15, 0.2) is 5.78 Å². The lowest BCUT2D eigenvalue weighted by Crippen LogP contribution is -2.01. The fourth-order valence-corrected chi connectivity index (χ4v) is 2.00. The standard InChI is InChI=1S/C13H9BrO3/c14-12-7-10(16)5-6-11(12)13(17)8-1-3-9(15)4-2-8/h1-7,15-16H. The highest BCUT2D eigenvalue weighted by molar-refractivity contribution is 9.10. The molecule has 2 rings (SSSR count). The lowest BCUT2D eigenvalue weighted by molar-refractivity contribution is 0.103. The lowest BCUT2D eigenvalue weighted by atomic mass is 10.0. The summed E-state index contributed by atoms with van der Waals surface area (Å²) in [6, 6.07) is 10.5. The molecule has 0 aliphatic rings. The van der Waals surface area contributed by atoms with Gasteiger partial charge in [-0.05, 0) is 58.4 Å². The van der Waals surface area contributed by atoms with Crippen molar-refractivity contribution in [3.8, 4) is 11.5 Å². The number of phenolic OH excluding ortho intramolecular Hbond substituents is 2. The Morgan fingerprint density at radius 2 is 1.53 bits per heavy atom. The van der Waals surface area contributed by atoms with Gasteiger partial charge in [0.25, 0.3) is 0 Å². The Hall–Kier alpha value is -1.81. The summed E-state index contributed by atoms with van der Waals surface area (Å²) >= 11 is 3.23. The molecule has 4 heteroatoms. The van der Waals surface area contributed by atoms with Crippen LogP contribution in [0.4, 0.5) is 0 Å². The highest BCUT2D eigenvalue weighted by atomic mass is 79.9. The third-order valence-corrected chi connectivity index (χ3v) is 2.98. The molecule has 0 bridgehead atoms. The number of aromatic hydroxyl groups is 2. The second-order valence-corrected chi connectivity index (χ2v) is 4.39. The van der Waals surface area contributed by atoms with Crippen LogP contribution in [0.2, 0.25) is 0 Å². The van der Waals surface area contributed by atoms with Crippen molar-refractivity contribution in [2.45, 2.75) is 0 Å². The first-order valence-electron chi connectivity index (χ1n) is 4.90. The van der Waals surface area contributed by atoms with Gasteiger partial charge in [0.2, 0.25) is 0 Å². The van der Waals surface area contributed by atoms with Gasteiger partial charge in [0, 0.05) is 15.6 Å². The van der Waals surface area contributed by atoms with Gasteiger partial charge in [-0.2, -0.15) is 0 Å². The molecule has 0 unspecified atom stereocenters. The smallest absolute Gasteiger partial charge is 0.194 e. The number of benzene rings is 2. The van der Waals surface area contributed by atoms with E-state index in [1.807, 2.05) is 0 Å². The predicted molar refractivity (Wildman–Crippen MR) is 67.3 cm³/mol. The highest BCUT2D eigenvalue weighted by Crippen LogP contribution is 2.24. The summed E-state index contributed by atoms with van der Waals surface area (Å²) in [4.78, 5) is 12.1. The maximum absolute atomic E-state index is 12.1. The molecule has 2 N–H and O–H groups in total. The molecule has 0 radical (unpaired) electrons. The number of carbonyl (C=O) groups is 1. The maximum Gasteiger partial charge on any atom is 0.194 e.